The number of carbonyl (C=O) groups excluding carboxylic acids is 1. The molecule has 1 aromatic carbocycles. The first-order valence-corrected chi connectivity index (χ1v) is 6.32. The predicted octanol–water partition coefficient (Wildman–Crippen LogP) is 3.40. The molecule has 0 bridgehead atoms. The van der Waals surface area contributed by atoms with Crippen molar-refractivity contribution in [1.82, 2.24) is 10.2 Å². The zero-order valence-corrected chi connectivity index (χ0v) is 10.5. The third-order valence-electron chi connectivity index (χ3n) is 2.41. The molecule has 5 nitrogen and oxygen atoms in total. The van der Waals surface area contributed by atoms with Gasteiger partial charge in [0, 0.05) is 5.56 Å². The quantitative estimate of drug-likeness (QED) is 0.681. The number of hydrogen-bond acceptors (Lipinski definition) is 6. The first-order chi connectivity index (χ1) is 9.35. The van der Waals surface area contributed by atoms with Gasteiger partial charge in [-0.25, -0.2) is 0 Å². The van der Waals surface area contributed by atoms with Gasteiger partial charge in [0.25, 0.3) is 5.19 Å². The molecule has 2 heterocycles. The Morgan fingerprint density at radius 1 is 1.26 bits per heavy atom. The maximum atomic E-state index is 10.6. The molecule has 3 aromatic rings. The number of hydrogen-bond donors (Lipinski definition) is 0. The molecule has 94 valence electrons. The fourth-order valence-corrected chi connectivity index (χ4v) is 2.02. The molecule has 0 saturated heterocycles. The second-order valence-corrected chi connectivity index (χ2v) is 4.45. The van der Waals surface area contributed by atoms with Crippen molar-refractivity contribution in [2.45, 2.75) is 0 Å². The summed E-state index contributed by atoms with van der Waals surface area (Å²) in [5.41, 5.74) is 2.43. The van der Waals surface area contributed by atoms with E-state index >= 15 is 0 Å². The summed E-state index contributed by atoms with van der Waals surface area (Å²) in [5, 5.41) is 7.98. The number of benzene rings is 1. The van der Waals surface area contributed by atoms with Crippen LogP contribution in [-0.4, -0.2) is 16.5 Å². The maximum Gasteiger partial charge on any atom is 0.299 e. The molecule has 0 atom stereocenters. The van der Waals surface area contributed by atoms with Crippen LogP contribution in [0, 0.1) is 0 Å². The van der Waals surface area contributed by atoms with Crippen LogP contribution in [0.2, 0.25) is 0 Å². The van der Waals surface area contributed by atoms with Crippen LogP contribution in [-0.2, 0) is 0 Å². The van der Waals surface area contributed by atoms with E-state index in [0.29, 0.717) is 28.7 Å². The van der Waals surface area contributed by atoms with Gasteiger partial charge < -0.3 is 9.15 Å². The zero-order chi connectivity index (χ0) is 13.1. The van der Waals surface area contributed by atoms with Crippen molar-refractivity contribution in [3.63, 3.8) is 0 Å². The first-order valence-electron chi connectivity index (χ1n) is 5.44. The number of aldehydes is 1. The lowest BCUT2D eigenvalue weighted by Crippen LogP contribution is -1.84. The first kappa shape index (κ1) is 11.6. The van der Waals surface area contributed by atoms with Gasteiger partial charge in [0.2, 0.25) is 0 Å². The van der Waals surface area contributed by atoms with Crippen LogP contribution >= 0.6 is 11.3 Å². The highest BCUT2D eigenvalue weighted by molar-refractivity contribution is 7.11. The van der Waals surface area contributed by atoms with E-state index in [4.69, 9.17) is 9.15 Å². The molecule has 0 unspecified atom stereocenters. The molecule has 0 aliphatic carbocycles. The monoisotopic (exact) mass is 272 g/mol. The van der Waals surface area contributed by atoms with E-state index in [1.54, 1.807) is 17.6 Å². The topological polar surface area (TPSA) is 65.2 Å². The van der Waals surface area contributed by atoms with Crippen LogP contribution in [0.25, 0.3) is 11.3 Å². The summed E-state index contributed by atoms with van der Waals surface area (Å²) in [6, 6.07) is 10.7. The van der Waals surface area contributed by atoms with Crippen molar-refractivity contribution < 1.29 is 13.9 Å². The number of nitrogens with zero attached hydrogens (tertiary/aromatic N) is 2. The van der Waals surface area contributed by atoms with Crippen LogP contribution in [0.15, 0.2) is 46.3 Å². The van der Waals surface area contributed by atoms with Crippen molar-refractivity contribution in [2.75, 3.05) is 0 Å². The lowest BCUT2D eigenvalue weighted by molar-refractivity contribution is 0.110. The summed E-state index contributed by atoms with van der Waals surface area (Å²) in [7, 11) is 0. The highest BCUT2D eigenvalue weighted by Crippen LogP contribution is 2.28. The van der Waals surface area contributed by atoms with E-state index in [2.05, 4.69) is 10.2 Å². The third kappa shape index (κ3) is 2.53. The lowest BCUT2D eigenvalue weighted by atomic mass is 10.2. The average molecular weight is 272 g/mol. The molecule has 0 aliphatic rings. The Kier molecular flexibility index (Phi) is 3.07. The summed E-state index contributed by atoms with van der Waals surface area (Å²) in [6.45, 7) is 0. The number of aromatic nitrogens is 2. The van der Waals surface area contributed by atoms with Crippen LogP contribution in [0.1, 0.15) is 10.6 Å². The number of carbonyl (C=O) groups is 1. The van der Waals surface area contributed by atoms with Crippen LogP contribution in [0.5, 0.6) is 10.9 Å². The SMILES string of the molecule is O=Cc1ccc(-c2cccc(Oc3nncs3)c2)o1. The third-order valence-corrected chi connectivity index (χ3v) is 2.97. The molecule has 0 radical (unpaired) electrons. The highest BCUT2D eigenvalue weighted by Gasteiger charge is 2.06. The van der Waals surface area contributed by atoms with Gasteiger partial charge in [0.05, 0.1) is 0 Å². The van der Waals surface area contributed by atoms with Crippen molar-refractivity contribution in [2.24, 2.45) is 0 Å². The van der Waals surface area contributed by atoms with E-state index < -0.39 is 0 Å². The van der Waals surface area contributed by atoms with E-state index in [1.807, 2.05) is 24.3 Å². The minimum atomic E-state index is 0.297. The summed E-state index contributed by atoms with van der Waals surface area (Å²) >= 11 is 1.31. The summed E-state index contributed by atoms with van der Waals surface area (Å²) in [5.74, 6) is 1.55. The second-order valence-electron chi connectivity index (χ2n) is 3.65. The minimum Gasteiger partial charge on any atom is -0.453 e. The normalized spacial score (nSPS) is 10.3. The Labute approximate surface area is 112 Å². The van der Waals surface area contributed by atoms with E-state index in [1.165, 1.54) is 11.3 Å². The summed E-state index contributed by atoms with van der Waals surface area (Å²) < 4.78 is 10.9. The van der Waals surface area contributed by atoms with Gasteiger partial charge in [0.1, 0.15) is 17.0 Å². The Morgan fingerprint density at radius 3 is 2.95 bits per heavy atom. The van der Waals surface area contributed by atoms with E-state index in [0.717, 1.165) is 5.56 Å². The van der Waals surface area contributed by atoms with Gasteiger partial charge in [0.15, 0.2) is 12.0 Å². The Balaban J connectivity index is 1.89. The highest BCUT2D eigenvalue weighted by atomic mass is 32.1. The molecule has 0 amide bonds. The van der Waals surface area contributed by atoms with Crippen LogP contribution in [0.4, 0.5) is 0 Å². The van der Waals surface area contributed by atoms with Crippen LogP contribution in [0.3, 0.4) is 0 Å². The van der Waals surface area contributed by atoms with Crippen molar-refractivity contribution >= 4 is 17.6 Å². The van der Waals surface area contributed by atoms with Gasteiger partial charge in [-0.05, 0) is 24.3 Å². The number of furan rings is 1. The molecule has 0 aliphatic heterocycles. The van der Waals surface area contributed by atoms with Gasteiger partial charge in [-0.15, -0.1) is 5.10 Å². The standard InChI is InChI=1S/C13H8N2O3S/c16-7-11-4-5-12(17-11)9-2-1-3-10(6-9)18-13-15-14-8-19-13/h1-8H. The number of rotatable bonds is 4. The summed E-state index contributed by atoms with van der Waals surface area (Å²) in [4.78, 5) is 10.6. The molecule has 2 aromatic heterocycles. The molecule has 3 rings (SSSR count). The predicted molar refractivity (Wildman–Crippen MR) is 69.5 cm³/mol. The Morgan fingerprint density at radius 2 is 2.21 bits per heavy atom. The van der Waals surface area contributed by atoms with Gasteiger partial charge in [-0.1, -0.05) is 28.6 Å². The largest absolute Gasteiger partial charge is 0.453 e. The molecule has 0 saturated carbocycles. The molecular weight excluding hydrogens is 264 g/mol. The fraction of sp³-hybridized carbons (Fsp3) is 0. The molecule has 0 N–H and O–H groups in total. The fourth-order valence-electron chi connectivity index (χ4n) is 1.59. The number of ether oxygens (including phenoxy) is 1. The molecule has 19 heavy (non-hydrogen) atoms. The Hall–Kier alpha value is -2.47. The molecule has 0 spiro atoms. The molecular formula is C13H8N2O3S. The van der Waals surface area contributed by atoms with Gasteiger partial charge in [-0.2, -0.15) is 0 Å². The van der Waals surface area contributed by atoms with Crippen molar-refractivity contribution in [3.8, 4) is 22.3 Å². The molecule has 6 heteroatoms. The van der Waals surface area contributed by atoms with Gasteiger partial charge >= 0.3 is 0 Å². The van der Waals surface area contributed by atoms with Crippen molar-refractivity contribution in [1.29, 1.82) is 0 Å². The van der Waals surface area contributed by atoms with Crippen LogP contribution < -0.4 is 4.74 Å². The maximum absolute atomic E-state index is 10.6. The minimum absolute atomic E-state index is 0.297. The average Bonchev–Trinajstić information content (AvgIpc) is 3.09. The van der Waals surface area contributed by atoms with Crippen molar-refractivity contribution in [3.05, 3.63) is 47.7 Å². The smallest absolute Gasteiger partial charge is 0.299 e. The van der Waals surface area contributed by atoms with E-state index in [9.17, 15) is 4.79 Å². The Bertz CT molecular complexity index is 691. The summed E-state index contributed by atoms with van der Waals surface area (Å²) in [6.07, 6.45) is 0.672. The van der Waals surface area contributed by atoms with Gasteiger partial charge in [-0.3, -0.25) is 4.79 Å². The molecule has 0 fully saturated rings. The van der Waals surface area contributed by atoms with E-state index in [-0.39, 0.29) is 0 Å². The zero-order valence-electron chi connectivity index (χ0n) is 9.65. The lowest BCUT2D eigenvalue weighted by Gasteiger charge is -2.02. The second kappa shape index (κ2) is 5.03.